The molecule has 2 aliphatic heterocycles. The van der Waals surface area contributed by atoms with Crippen molar-refractivity contribution >= 4 is 11.8 Å². The lowest BCUT2D eigenvalue weighted by Gasteiger charge is -2.31. The third-order valence-corrected chi connectivity index (χ3v) is 6.17. The van der Waals surface area contributed by atoms with Crippen LogP contribution in [0.15, 0.2) is 23.4 Å². The molecule has 8 heteroatoms. The Bertz CT molecular complexity index is 774. The number of methoxy groups -OCH3 is 1. The lowest BCUT2D eigenvalue weighted by atomic mass is 9.95. The van der Waals surface area contributed by atoms with Crippen LogP contribution in [0.3, 0.4) is 0 Å². The molecule has 4 rings (SSSR count). The summed E-state index contributed by atoms with van der Waals surface area (Å²) in [6.45, 7) is 4.13. The smallest absolute Gasteiger partial charge is 0.231 e. The molecule has 3 heterocycles. The van der Waals surface area contributed by atoms with Crippen LogP contribution in [0.2, 0.25) is 0 Å². The van der Waals surface area contributed by atoms with E-state index < -0.39 is 0 Å². The number of aromatic nitrogens is 3. The molecule has 2 aromatic rings. The number of fused-ring (bicyclic) bond motifs is 1. The van der Waals surface area contributed by atoms with E-state index in [9.17, 15) is 0 Å². The molecular formula is C19H26N4O3S. The molecule has 1 aromatic heterocycles. The van der Waals surface area contributed by atoms with E-state index in [0.29, 0.717) is 12.7 Å². The highest BCUT2D eigenvalue weighted by atomic mass is 32.2. The van der Waals surface area contributed by atoms with E-state index >= 15 is 0 Å². The van der Waals surface area contributed by atoms with E-state index in [-0.39, 0.29) is 0 Å². The van der Waals surface area contributed by atoms with Gasteiger partial charge in [-0.05, 0) is 43.6 Å². The van der Waals surface area contributed by atoms with Gasteiger partial charge < -0.3 is 18.8 Å². The summed E-state index contributed by atoms with van der Waals surface area (Å²) in [6.07, 6.45) is 2.22. The zero-order valence-electron chi connectivity index (χ0n) is 15.9. The van der Waals surface area contributed by atoms with E-state index in [1.54, 1.807) is 18.9 Å². The number of hydrogen-bond donors (Lipinski definition) is 0. The van der Waals surface area contributed by atoms with E-state index in [2.05, 4.69) is 38.8 Å². The van der Waals surface area contributed by atoms with Gasteiger partial charge >= 0.3 is 0 Å². The number of ether oxygens (including phenoxy) is 3. The first-order valence-corrected chi connectivity index (χ1v) is 10.3. The summed E-state index contributed by atoms with van der Waals surface area (Å²) in [7, 11) is 3.80. The zero-order valence-corrected chi connectivity index (χ0v) is 16.7. The average Bonchev–Trinajstić information content (AvgIpc) is 3.29. The van der Waals surface area contributed by atoms with Crippen LogP contribution in [0.1, 0.15) is 30.1 Å². The Hall–Kier alpha value is -1.77. The summed E-state index contributed by atoms with van der Waals surface area (Å²) in [5, 5.41) is 9.81. The normalized spacial score (nSPS) is 17.6. The fourth-order valence-corrected chi connectivity index (χ4v) is 4.49. The van der Waals surface area contributed by atoms with Crippen molar-refractivity contribution < 1.29 is 14.2 Å². The fraction of sp³-hybridized carbons (Fsp3) is 0.579. The molecule has 0 radical (unpaired) electrons. The lowest BCUT2D eigenvalue weighted by Crippen LogP contribution is -2.33. The van der Waals surface area contributed by atoms with Crippen LogP contribution in [0.4, 0.5) is 0 Å². The molecule has 0 spiro atoms. The van der Waals surface area contributed by atoms with Crippen molar-refractivity contribution in [1.82, 2.24) is 19.7 Å². The Morgan fingerprint density at radius 1 is 1.19 bits per heavy atom. The minimum absolute atomic E-state index is 0.327. The quantitative estimate of drug-likeness (QED) is 0.532. The van der Waals surface area contributed by atoms with E-state index in [4.69, 9.17) is 14.2 Å². The third-order valence-electron chi connectivity index (χ3n) is 5.18. The molecule has 1 saturated heterocycles. The third kappa shape index (κ3) is 4.23. The van der Waals surface area contributed by atoms with Crippen LogP contribution in [0.25, 0.3) is 0 Å². The maximum atomic E-state index is 5.49. The van der Waals surface area contributed by atoms with Gasteiger partial charge in [-0.3, -0.25) is 4.90 Å². The molecule has 0 bridgehead atoms. The molecule has 0 N–H and O–H groups in total. The number of thioether (sulfide) groups is 1. The van der Waals surface area contributed by atoms with Crippen LogP contribution in [-0.4, -0.2) is 59.0 Å². The summed E-state index contributed by atoms with van der Waals surface area (Å²) >= 11 is 1.70. The Morgan fingerprint density at radius 2 is 2.00 bits per heavy atom. The highest BCUT2D eigenvalue weighted by molar-refractivity contribution is 7.99. The Balaban J connectivity index is 1.31. The molecule has 146 valence electrons. The van der Waals surface area contributed by atoms with Crippen molar-refractivity contribution in [1.29, 1.82) is 0 Å². The van der Waals surface area contributed by atoms with Gasteiger partial charge in [0.05, 0.1) is 6.61 Å². The molecule has 1 fully saturated rings. The second-order valence-electron chi connectivity index (χ2n) is 6.98. The molecular weight excluding hydrogens is 364 g/mol. The highest BCUT2D eigenvalue weighted by Crippen LogP contribution is 2.34. The highest BCUT2D eigenvalue weighted by Gasteiger charge is 2.25. The van der Waals surface area contributed by atoms with E-state index in [1.165, 1.54) is 5.56 Å². The van der Waals surface area contributed by atoms with Crippen LogP contribution >= 0.6 is 11.8 Å². The predicted molar refractivity (Wildman–Crippen MR) is 103 cm³/mol. The molecule has 0 aliphatic carbocycles. The first-order valence-electron chi connectivity index (χ1n) is 9.36. The number of hydrogen-bond acceptors (Lipinski definition) is 7. The minimum Gasteiger partial charge on any atom is -0.454 e. The fourth-order valence-electron chi connectivity index (χ4n) is 3.67. The second kappa shape index (κ2) is 8.50. The molecule has 7 nitrogen and oxygen atoms in total. The summed E-state index contributed by atoms with van der Waals surface area (Å²) in [5.74, 6) is 4.19. The Kier molecular flexibility index (Phi) is 5.85. The van der Waals surface area contributed by atoms with Gasteiger partial charge in [-0.25, -0.2) is 0 Å². The van der Waals surface area contributed by atoms with Gasteiger partial charge in [0.2, 0.25) is 6.79 Å². The largest absolute Gasteiger partial charge is 0.454 e. The standard InChI is InChI=1S/C19H26N4O3S/c1-22-18(20-21-19(22)27-10-9-24-2)15-5-7-23(8-6-15)12-14-3-4-16-17(11-14)26-13-25-16/h3-4,11,15H,5-10,12-13H2,1-2H3. The van der Waals surface area contributed by atoms with Crippen LogP contribution in [0, 0.1) is 0 Å². The second-order valence-corrected chi connectivity index (χ2v) is 8.04. The molecule has 0 saturated carbocycles. The van der Waals surface area contributed by atoms with Crippen LogP contribution < -0.4 is 9.47 Å². The Morgan fingerprint density at radius 3 is 2.81 bits per heavy atom. The molecule has 0 atom stereocenters. The summed E-state index contributed by atoms with van der Waals surface area (Å²) in [5.41, 5.74) is 1.27. The Labute approximate surface area is 164 Å². The van der Waals surface area contributed by atoms with Gasteiger partial charge in [0, 0.05) is 32.4 Å². The predicted octanol–water partition coefficient (Wildman–Crippen LogP) is 2.66. The maximum Gasteiger partial charge on any atom is 0.231 e. The van der Waals surface area contributed by atoms with Gasteiger partial charge in [-0.1, -0.05) is 17.8 Å². The van der Waals surface area contributed by atoms with Crippen molar-refractivity contribution in [2.24, 2.45) is 7.05 Å². The summed E-state index contributed by atoms with van der Waals surface area (Å²) in [4.78, 5) is 2.50. The van der Waals surface area contributed by atoms with Gasteiger partial charge in [-0.15, -0.1) is 10.2 Å². The van der Waals surface area contributed by atoms with Gasteiger partial charge in [0.15, 0.2) is 16.7 Å². The maximum absolute atomic E-state index is 5.49. The first kappa shape index (κ1) is 18.6. The van der Waals surface area contributed by atoms with Crippen molar-refractivity contribution in [2.75, 3.05) is 39.4 Å². The molecule has 27 heavy (non-hydrogen) atoms. The van der Waals surface area contributed by atoms with Crippen molar-refractivity contribution in [3.8, 4) is 11.5 Å². The minimum atomic E-state index is 0.327. The first-order chi connectivity index (χ1) is 13.2. The van der Waals surface area contributed by atoms with Crippen molar-refractivity contribution in [3.63, 3.8) is 0 Å². The molecule has 1 aromatic carbocycles. The summed E-state index contributed by atoms with van der Waals surface area (Å²) < 4.78 is 18.1. The van der Waals surface area contributed by atoms with Crippen LogP contribution in [-0.2, 0) is 18.3 Å². The van der Waals surface area contributed by atoms with Gasteiger partial charge in [0.25, 0.3) is 0 Å². The van der Waals surface area contributed by atoms with Crippen molar-refractivity contribution in [3.05, 3.63) is 29.6 Å². The van der Waals surface area contributed by atoms with E-state index in [0.717, 1.165) is 67.3 Å². The monoisotopic (exact) mass is 390 g/mol. The topological polar surface area (TPSA) is 61.6 Å². The lowest BCUT2D eigenvalue weighted by molar-refractivity contribution is 0.173. The number of rotatable bonds is 7. The number of benzene rings is 1. The van der Waals surface area contributed by atoms with E-state index in [1.807, 2.05) is 6.07 Å². The average molecular weight is 391 g/mol. The molecule has 2 aliphatic rings. The number of likely N-dealkylation sites (tertiary alicyclic amines) is 1. The zero-order chi connectivity index (χ0) is 18.6. The van der Waals surface area contributed by atoms with Crippen LogP contribution in [0.5, 0.6) is 11.5 Å². The van der Waals surface area contributed by atoms with Gasteiger partial charge in [-0.2, -0.15) is 0 Å². The number of piperidine rings is 1. The van der Waals surface area contributed by atoms with Gasteiger partial charge in [0.1, 0.15) is 5.82 Å². The SMILES string of the molecule is COCCSc1nnc(C2CCN(Cc3ccc4c(c3)OCO4)CC2)n1C. The van der Waals surface area contributed by atoms with Crippen molar-refractivity contribution in [2.45, 2.75) is 30.5 Å². The molecule has 0 amide bonds. The summed E-state index contributed by atoms with van der Waals surface area (Å²) in [6, 6.07) is 6.24. The number of nitrogens with zero attached hydrogens (tertiary/aromatic N) is 4. The molecule has 0 unspecified atom stereocenters.